The van der Waals surface area contributed by atoms with Crippen LogP contribution in [0.25, 0.3) is 0 Å². The molecule has 1 aromatic heterocycles. The Bertz CT molecular complexity index is 740. The number of carbonyl (C=O) groups is 1. The van der Waals surface area contributed by atoms with E-state index in [9.17, 15) is 9.00 Å². The average molecular weight is 368 g/mol. The summed E-state index contributed by atoms with van der Waals surface area (Å²) in [6, 6.07) is 10.7. The topological polar surface area (TPSA) is 59.8 Å². The maximum absolute atomic E-state index is 12.3. The molecule has 0 N–H and O–H groups in total. The number of amides is 1. The van der Waals surface area contributed by atoms with Crippen LogP contribution < -0.4 is 0 Å². The van der Waals surface area contributed by atoms with E-state index in [1.165, 1.54) is 0 Å². The standard InChI is InChI=1S/C17H18ClNO4S/c18-14-3-1-2-13(10-14)11-24(21)12-15-4-5-16(23-15)17(20)19-6-8-22-9-7-19/h1-5,10H,6-9,11-12H2/t24-/m0/s1. The lowest BCUT2D eigenvalue weighted by Gasteiger charge is -2.25. The predicted octanol–water partition coefficient (Wildman–Crippen LogP) is 2.85. The molecule has 1 saturated heterocycles. The van der Waals surface area contributed by atoms with E-state index >= 15 is 0 Å². The Balaban J connectivity index is 1.59. The van der Waals surface area contributed by atoms with E-state index in [1.54, 1.807) is 29.2 Å². The number of nitrogens with zero attached hydrogens (tertiary/aromatic N) is 1. The van der Waals surface area contributed by atoms with Crippen molar-refractivity contribution in [2.45, 2.75) is 11.5 Å². The Hall–Kier alpha value is -1.63. The van der Waals surface area contributed by atoms with E-state index in [1.807, 2.05) is 12.1 Å². The molecule has 128 valence electrons. The van der Waals surface area contributed by atoms with Crippen LogP contribution >= 0.6 is 11.6 Å². The number of furan rings is 1. The molecule has 1 aromatic carbocycles. The fourth-order valence-corrected chi connectivity index (χ4v) is 3.85. The van der Waals surface area contributed by atoms with Gasteiger partial charge in [0.25, 0.3) is 5.91 Å². The molecule has 2 aromatic rings. The van der Waals surface area contributed by atoms with Crippen LogP contribution in [0.1, 0.15) is 21.9 Å². The van der Waals surface area contributed by atoms with Gasteiger partial charge < -0.3 is 14.1 Å². The first-order valence-corrected chi connectivity index (χ1v) is 9.53. The fraction of sp³-hybridized carbons (Fsp3) is 0.353. The van der Waals surface area contributed by atoms with Crippen molar-refractivity contribution in [3.63, 3.8) is 0 Å². The molecule has 2 heterocycles. The van der Waals surface area contributed by atoms with Crippen LogP contribution in [0.3, 0.4) is 0 Å². The molecule has 24 heavy (non-hydrogen) atoms. The molecule has 1 amide bonds. The maximum Gasteiger partial charge on any atom is 0.289 e. The molecule has 0 bridgehead atoms. The number of hydrogen-bond acceptors (Lipinski definition) is 4. The highest BCUT2D eigenvalue weighted by atomic mass is 35.5. The van der Waals surface area contributed by atoms with Crippen LogP contribution in [0.5, 0.6) is 0 Å². The smallest absolute Gasteiger partial charge is 0.289 e. The van der Waals surface area contributed by atoms with Gasteiger partial charge in [-0.2, -0.15) is 0 Å². The molecule has 0 unspecified atom stereocenters. The number of rotatable bonds is 5. The molecule has 1 aliphatic rings. The maximum atomic E-state index is 12.3. The summed E-state index contributed by atoms with van der Waals surface area (Å²) >= 11 is 5.93. The van der Waals surface area contributed by atoms with Gasteiger partial charge in [-0.05, 0) is 29.8 Å². The lowest BCUT2D eigenvalue weighted by Crippen LogP contribution is -2.40. The molecular formula is C17H18ClNO4S. The highest BCUT2D eigenvalue weighted by molar-refractivity contribution is 7.83. The molecule has 0 saturated carbocycles. The summed E-state index contributed by atoms with van der Waals surface area (Å²) in [4.78, 5) is 14.0. The normalized spacial score (nSPS) is 16.1. The van der Waals surface area contributed by atoms with Crippen molar-refractivity contribution < 1.29 is 18.2 Å². The first-order chi connectivity index (χ1) is 11.6. The monoisotopic (exact) mass is 367 g/mol. The molecule has 0 spiro atoms. The molecule has 0 aliphatic carbocycles. The molecule has 3 rings (SSSR count). The van der Waals surface area contributed by atoms with Crippen LogP contribution in [0, 0.1) is 0 Å². The second-order valence-electron chi connectivity index (χ2n) is 5.53. The van der Waals surface area contributed by atoms with Crippen LogP contribution in [0.4, 0.5) is 0 Å². The summed E-state index contributed by atoms with van der Waals surface area (Å²) in [6.45, 7) is 2.22. The quantitative estimate of drug-likeness (QED) is 0.815. The SMILES string of the molecule is O=C(c1ccc(C[S@@](=O)Cc2cccc(Cl)c2)o1)N1CCOCC1. The van der Waals surface area contributed by atoms with E-state index in [0.29, 0.717) is 42.8 Å². The van der Waals surface area contributed by atoms with Crippen molar-refractivity contribution >= 4 is 28.3 Å². The zero-order valence-corrected chi connectivity index (χ0v) is 14.6. The summed E-state index contributed by atoms with van der Waals surface area (Å²) in [5.41, 5.74) is 0.914. The number of ether oxygens (including phenoxy) is 1. The van der Waals surface area contributed by atoms with Crippen molar-refractivity contribution in [1.29, 1.82) is 0 Å². The van der Waals surface area contributed by atoms with Gasteiger partial charge >= 0.3 is 0 Å². The van der Waals surface area contributed by atoms with Gasteiger partial charge in [0.15, 0.2) is 5.76 Å². The predicted molar refractivity (Wildman–Crippen MR) is 92.4 cm³/mol. The fourth-order valence-electron chi connectivity index (χ4n) is 2.52. The lowest BCUT2D eigenvalue weighted by molar-refractivity contribution is 0.0282. The van der Waals surface area contributed by atoms with Crippen molar-refractivity contribution in [3.05, 3.63) is 58.5 Å². The number of hydrogen-bond donors (Lipinski definition) is 0. The van der Waals surface area contributed by atoms with Crippen LogP contribution in [-0.4, -0.2) is 41.3 Å². The molecule has 1 atom stereocenters. The summed E-state index contributed by atoms with van der Waals surface area (Å²) < 4.78 is 23.1. The van der Waals surface area contributed by atoms with Crippen LogP contribution in [0.15, 0.2) is 40.8 Å². The van der Waals surface area contributed by atoms with Crippen LogP contribution in [-0.2, 0) is 27.0 Å². The van der Waals surface area contributed by atoms with E-state index in [2.05, 4.69) is 0 Å². The number of halogens is 1. The summed E-state index contributed by atoms with van der Waals surface area (Å²) in [6.07, 6.45) is 0. The van der Waals surface area contributed by atoms with Gasteiger partial charge in [-0.3, -0.25) is 9.00 Å². The third-order valence-corrected chi connectivity index (χ3v) is 5.19. The van der Waals surface area contributed by atoms with Crippen molar-refractivity contribution in [1.82, 2.24) is 4.90 Å². The van der Waals surface area contributed by atoms with Gasteiger partial charge in [0, 0.05) is 34.7 Å². The van der Waals surface area contributed by atoms with Gasteiger partial charge in [0.2, 0.25) is 0 Å². The molecule has 1 fully saturated rings. The summed E-state index contributed by atoms with van der Waals surface area (Å²) in [5.74, 6) is 1.35. The first kappa shape index (κ1) is 17.2. The van der Waals surface area contributed by atoms with E-state index in [4.69, 9.17) is 20.8 Å². The van der Waals surface area contributed by atoms with Gasteiger partial charge in [0.05, 0.1) is 19.0 Å². The number of carbonyl (C=O) groups excluding carboxylic acids is 1. The minimum absolute atomic E-state index is 0.148. The summed E-state index contributed by atoms with van der Waals surface area (Å²) in [7, 11) is -1.13. The molecular weight excluding hydrogens is 350 g/mol. The largest absolute Gasteiger partial charge is 0.455 e. The van der Waals surface area contributed by atoms with Gasteiger partial charge in [-0.1, -0.05) is 23.7 Å². The van der Waals surface area contributed by atoms with Crippen molar-refractivity contribution in [3.8, 4) is 0 Å². The molecule has 5 nitrogen and oxygen atoms in total. The third kappa shape index (κ3) is 4.47. The van der Waals surface area contributed by atoms with Gasteiger partial charge in [-0.25, -0.2) is 0 Å². The Morgan fingerprint density at radius 3 is 2.71 bits per heavy atom. The average Bonchev–Trinajstić information content (AvgIpc) is 3.03. The minimum Gasteiger partial charge on any atom is -0.455 e. The van der Waals surface area contributed by atoms with Gasteiger partial charge in [0.1, 0.15) is 5.76 Å². The van der Waals surface area contributed by atoms with E-state index < -0.39 is 10.8 Å². The third-order valence-electron chi connectivity index (χ3n) is 3.69. The van der Waals surface area contributed by atoms with Gasteiger partial charge in [-0.15, -0.1) is 0 Å². The minimum atomic E-state index is -1.13. The Kier molecular flexibility index (Phi) is 5.71. The Morgan fingerprint density at radius 1 is 1.17 bits per heavy atom. The van der Waals surface area contributed by atoms with Crippen LogP contribution in [0.2, 0.25) is 5.02 Å². The second-order valence-corrected chi connectivity index (χ2v) is 7.42. The van der Waals surface area contributed by atoms with E-state index in [-0.39, 0.29) is 17.4 Å². The highest BCUT2D eigenvalue weighted by Crippen LogP contribution is 2.17. The zero-order chi connectivity index (χ0) is 16.9. The zero-order valence-electron chi connectivity index (χ0n) is 13.1. The van der Waals surface area contributed by atoms with E-state index in [0.717, 1.165) is 5.56 Å². The lowest BCUT2D eigenvalue weighted by atomic mass is 10.2. The Morgan fingerprint density at radius 2 is 1.96 bits per heavy atom. The molecule has 1 aliphatic heterocycles. The highest BCUT2D eigenvalue weighted by Gasteiger charge is 2.21. The number of morpholine rings is 1. The van der Waals surface area contributed by atoms with Crippen molar-refractivity contribution in [2.24, 2.45) is 0 Å². The molecule has 0 radical (unpaired) electrons. The first-order valence-electron chi connectivity index (χ1n) is 7.67. The second kappa shape index (κ2) is 7.96. The van der Waals surface area contributed by atoms with Crippen molar-refractivity contribution in [2.75, 3.05) is 26.3 Å². The summed E-state index contributed by atoms with van der Waals surface area (Å²) in [5, 5.41) is 0.626. The molecule has 7 heteroatoms. The number of benzene rings is 1. The Labute approximate surface area is 148 Å².